The van der Waals surface area contributed by atoms with Gasteiger partial charge in [0, 0.05) is 0 Å². The topological polar surface area (TPSA) is 111 Å². The summed E-state index contributed by atoms with van der Waals surface area (Å²) in [5.74, 6) is 0. The van der Waals surface area contributed by atoms with Crippen molar-refractivity contribution >= 4 is 26.2 Å². The molecule has 0 fully saturated rings. The molecule has 0 aromatic rings. The summed E-state index contributed by atoms with van der Waals surface area (Å²) in [6.45, 7) is 0. The second kappa shape index (κ2) is 2.38. The van der Waals surface area contributed by atoms with Gasteiger partial charge in [-0.25, -0.2) is 13.6 Å². The zero-order chi connectivity index (χ0) is 7.78. The van der Waals surface area contributed by atoms with Crippen molar-refractivity contribution in [1.29, 1.82) is 0 Å². The highest BCUT2D eigenvalue weighted by atomic mass is 32.3. The summed E-state index contributed by atoms with van der Waals surface area (Å²) in [5, 5.41) is 8.11. The van der Waals surface area contributed by atoms with E-state index in [0.29, 0.717) is 0 Å². The van der Waals surface area contributed by atoms with Crippen LogP contribution in [0.2, 0.25) is 0 Å². The Labute approximate surface area is 62.1 Å². The molecule has 6 nitrogen and oxygen atoms in total. The van der Waals surface area contributed by atoms with Gasteiger partial charge >= 0.3 is 0 Å². The average molecular weight is 182 g/mol. The van der Waals surface area contributed by atoms with Gasteiger partial charge in [-0.3, -0.25) is 5.43 Å². The minimum atomic E-state index is -3.67. The molecule has 0 spiro atoms. The number of primary sulfonamides is 1. The van der Waals surface area contributed by atoms with Crippen LogP contribution in [0.5, 0.6) is 0 Å². The molecule has 5 N–H and O–H groups in total. The van der Waals surface area contributed by atoms with Gasteiger partial charge in [0.1, 0.15) is 5.50 Å². The second-order valence-corrected chi connectivity index (χ2v) is 4.46. The molecule has 0 saturated carbocycles. The number of hydrogen-bond donors (Lipinski definition) is 3. The van der Waals surface area contributed by atoms with Gasteiger partial charge < -0.3 is 5.73 Å². The zero-order valence-electron chi connectivity index (χ0n) is 4.81. The van der Waals surface area contributed by atoms with E-state index >= 15 is 0 Å². The van der Waals surface area contributed by atoms with Crippen molar-refractivity contribution in [1.82, 2.24) is 5.43 Å². The molecule has 0 amide bonds. The Balaban J connectivity index is 2.80. The van der Waals surface area contributed by atoms with E-state index in [1.807, 2.05) is 0 Å². The maximum Gasteiger partial charge on any atom is 0.263 e. The molecule has 0 bridgehead atoms. The third-order valence-electron chi connectivity index (χ3n) is 0.754. The third kappa shape index (κ3) is 1.59. The van der Waals surface area contributed by atoms with E-state index in [-0.39, 0.29) is 4.38 Å². The van der Waals surface area contributed by atoms with Crippen molar-refractivity contribution in [3.05, 3.63) is 0 Å². The highest BCUT2D eigenvalue weighted by Gasteiger charge is 2.23. The number of sulfonamides is 1. The van der Waals surface area contributed by atoms with Gasteiger partial charge in [-0.15, -0.1) is 0 Å². The van der Waals surface area contributed by atoms with E-state index in [9.17, 15) is 8.42 Å². The Morgan fingerprint density at radius 1 is 1.70 bits per heavy atom. The Hall–Kier alpha value is -0.310. The standard InChI is InChI=1S/C2H6N4O2S2/c3-1-5-6-2(9-1)10(4,7)8/h1,5H,3H2,(H2,4,7,8). The molecular formula is C2H6N4O2S2. The molecule has 1 atom stereocenters. The van der Waals surface area contributed by atoms with Gasteiger partial charge in [0.25, 0.3) is 10.0 Å². The lowest BCUT2D eigenvalue weighted by atomic mass is 11.2. The van der Waals surface area contributed by atoms with Gasteiger partial charge in [0.2, 0.25) is 4.38 Å². The van der Waals surface area contributed by atoms with Crippen LogP contribution in [0, 0.1) is 0 Å². The van der Waals surface area contributed by atoms with E-state index in [4.69, 9.17) is 10.9 Å². The first-order chi connectivity index (χ1) is 4.50. The Bertz CT molecular complexity index is 256. The van der Waals surface area contributed by atoms with Crippen molar-refractivity contribution in [3.8, 4) is 0 Å². The van der Waals surface area contributed by atoms with Crippen LogP contribution in [-0.4, -0.2) is 18.3 Å². The van der Waals surface area contributed by atoms with Crippen molar-refractivity contribution in [2.45, 2.75) is 5.50 Å². The molecule has 8 heteroatoms. The van der Waals surface area contributed by atoms with Crippen LogP contribution in [0.4, 0.5) is 0 Å². The number of hydrazone groups is 1. The number of nitrogens with zero attached hydrogens (tertiary/aromatic N) is 1. The first kappa shape index (κ1) is 7.79. The molecule has 58 valence electrons. The Morgan fingerprint density at radius 2 is 2.30 bits per heavy atom. The highest BCUT2D eigenvalue weighted by molar-refractivity contribution is 8.35. The van der Waals surface area contributed by atoms with Crippen molar-refractivity contribution in [2.24, 2.45) is 16.0 Å². The van der Waals surface area contributed by atoms with Crippen LogP contribution in [0.25, 0.3) is 0 Å². The lowest BCUT2D eigenvalue weighted by Gasteiger charge is -1.96. The van der Waals surface area contributed by atoms with Crippen LogP contribution >= 0.6 is 11.8 Å². The minimum absolute atomic E-state index is 0.167. The minimum Gasteiger partial charge on any atom is -0.301 e. The predicted molar refractivity (Wildman–Crippen MR) is 39.2 cm³/mol. The molecule has 0 aromatic carbocycles. The van der Waals surface area contributed by atoms with E-state index < -0.39 is 15.5 Å². The van der Waals surface area contributed by atoms with Crippen molar-refractivity contribution < 1.29 is 8.42 Å². The van der Waals surface area contributed by atoms with E-state index in [2.05, 4.69) is 10.5 Å². The SMILES string of the molecule is NC1NN=C(S(N)(=O)=O)S1. The second-order valence-electron chi connectivity index (χ2n) is 1.59. The van der Waals surface area contributed by atoms with Gasteiger partial charge in [-0.2, -0.15) is 5.10 Å². The molecule has 0 radical (unpaired) electrons. The maximum absolute atomic E-state index is 10.5. The van der Waals surface area contributed by atoms with E-state index in [0.717, 1.165) is 11.8 Å². The van der Waals surface area contributed by atoms with Crippen LogP contribution in [-0.2, 0) is 10.0 Å². The summed E-state index contributed by atoms with van der Waals surface area (Å²) >= 11 is 0.876. The third-order valence-corrected chi connectivity index (χ3v) is 2.97. The lowest BCUT2D eigenvalue weighted by Crippen LogP contribution is -2.26. The number of rotatable bonds is 0. The zero-order valence-corrected chi connectivity index (χ0v) is 6.45. The maximum atomic E-state index is 10.5. The summed E-state index contributed by atoms with van der Waals surface area (Å²) in [4.78, 5) is 0. The smallest absolute Gasteiger partial charge is 0.263 e. The molecule has 0 aromatic heterocycles. The Morgan fingerprint density at radius 3 is 2.50 bits per heavy atom. The molecule has 1 unspecified atom stereocenters. The molecular weight excluding hydrogens is 176 g/mol. The quantitative estimate of drug-likeness (QED) is 0.406. The van der Waals surface area contributed by atoms with Crippen LogP contribution in [0.15, 0.2) is 5.10 Å². The van der Waals surface area contributed by atoms with Crippen LogP contribution in [0.3, 0.4) is 0 Å². The van der Waals surface area contributed by atoms with Gasteiger partial charge in [-0.1, -0.05) is 0 Å². The fourth-order valence-corrected chi connectivity index (χ4v) is 1.86. The molecule has 0 aliphatic carbocycles. The van der Waals surface area contributed by atoms with Crippen LogP contribution in [0.1, 0.15) is 0 Å². The van der Waals surface area contributed by atoms with E-state index in [1.165, 1.54) is 0 Å². The summed E-state index contributed by atoms with van der Waals surface area (Å²) in [5.41, 5.74) is 7.08. The summed E-state index contributed by atoms with van der Waals surface area (Å²) in [6.07, 6.45) is 0. The monoisotopic (exact) mass is 182 g/mol. The van der Waals surface area contributed by atoms with Crippen molar-refractivity contribution in [3.63, 3.8) is 0 Å². The van der Waals surface area contributed by atoms with Gasteiger partial charge in [-0.05, 0) is 11.8 Å². The highest BCUT2D eigenvalue weighted by Crippen LogP contribution is 2.14. The summed E-state index contributed by atoms with van der Waals surface area (Å²) in [7, 11) is -3.67. The average Bonchev–Trinajstić information content (AvgIpc) is 2.11. The molecule has 1 rings (SSSR count). The molecule has 10 heavy (non-hydrogen) atoms. The lowest BCUT2D eigenvalue weighted by molar-refractivity contribution is 0.609. The summed E-state index contributed by atoms with van der Waals surface area (Å²) < 4.78 is 20.9. The molecule has 1 heterocycles. The fraction of sp³-hybridized carbons (Fsp3) is 0.500. The van der Waals surface area contributed by atoms with Crippen molar-refractivity contribution in [2.75, 3.05) is 0 Å². The largest absolute Gasteiger partial charge is 0.301 e. The first-order valence-electron chi connectivity index (χ1n) is 2.28. The first-order valence-corrected chi connectivity index (χ1v) is 4.71. The summed E-state index contributed by atoms with van der Waals surface area (Å²) in [6, 6.07) is 0. The normalized spacial score (nSPS) is 25.8. The number of thioether (sulfide) groups is 1. The predicted octanol–water partition coefficient (Wildman–Crippen LogP) is -1.88. The molecule has 1 aliphatic heterocycles. The fourth-order valence-electron chi connectivity index (χ4n) is 0.408. The molecule has 0 saturated heterocycles. The number of hydrogen-bond acceptors (Lipinski definition) is 6. The van der Waals surface area contributed by atoms with Gasteiger partial charge in [0.15, 0.2) is 0 Å². The van der Waals surface area contributed by atoms with Gasteiger partial charge in [0.05, 0.1) is 0 Å². The van der Waals surface area contributed by atoms with E-state index in [1.54, 1.807) is 0 Å². The number of nitrogens with two attached hydrogens (primary N) is 2. The number of nitrogens with one attached hydrogen (secondary N) is 1. The molecule has 1 aliphatic rings. The van der Waals surface area contributed by atoms with Crippen LogP contribution < -0.4 is 16.3 Å². The Kier molecular flexibility index (Phi) is 1.86.